The van der Waals surface area contributed by atoms with E-state index < -0.39 is 0 Å². The Morgan fingerprint density at radius 1 is 1.11 bits per heavy atom. The summed E-state index contributed by atoms with van der Waals surface area (Å²) in [6.07, 6.45) is 3.36. The van der Waals surface area contributed by atoms with Crippen molar-refractivity contribution in [2.45, 2.75) is 10.9 Å². The number of H-pyrrole nitrogens is 2. The van der Waals surface area contributed by atoms with Gasteiger partial charge >= 0.3 is 0 Å². The number of nitrogens with one attached hydrogen (secondary N) is 3. The minimum Gasteiger partial charge on any atom is -0.360 e. The van der Waals surface area contributed by atoms with Gasteiger partial charge in [-0.3, -0.25) is 4.79 Å². The van der Waals surface area contributed by atoms with E-state index in [1.54, 1.807) is 36.3 Å². The maximum atomic E-state index is 12.1. The van der Waals surface area contributed by atoms with Gasteiger partial charge in [-0.1, -0.05) is 36.0 Å². The van der Waals surface area contributed by atoms with Crippen LogP contribution >= 0.6 is 11.8 Å². The highest BCUT2D eigenvalue weighted by atomic mass is 32.2. The molecule has 4 aromatic rings. The molecule has 0 unspecified atom stereocenters. The Kier molecular flexibility index (Phi) is 5.02. The first-order valence-electron chi connectivity index (χ1n) is 8.41. The number of aromatic nitrogens is 3. The highest BCUT2D eigenvalue weighted by Gasteiger charge is 2.06. The predicted molar refractivity (Wildman–Crippen MR) is 108 cm³/mol. The van der Waals surface area contributed by atoms with E-state index in [1.165, 1.54) is 0 Å². The zero-order valence-corrected chi connectivity index (χ0v) is 15.2. The van der Waals surface area contributed by atoms with E-state index in [9.17, 15) is 4.79 Å². The van der Waals surface area contributed by atoms with Crippen LogP contribution in [0, 0.1) is 0 Å². The second kappa shape index (κ2) is 7.92. The number of fused-ring (bicyclic) bond motifs is 1. The number of hydrogen-bond acceptors (Lipinski definition) is 4. The quantitative estimate of drug-likeness (QED) is 0.271. The van der Waals surface area contributed by atoms with Gasteiger partial charge in [0.15, 0.2) is 5.16 Å². The van der Waals surface area contributed by atoms with Gasteiger partial charge < -0.3 is 9.97 Å². The molecule has 0 spiro atoms. The van der Waals surface area contributed by atoms with Crippen LogP contribution in [-0.4, -0.2) is 27.1 Å². The largest absolute Gasteiger partial charge is 0.360 e. The van der Waals surface area contributed by atoms with Gasteiger partial charge in [0.2, 0.25) is 0 Å². The molecular weight excluding hydrogens is 358 g/mol. The Morgan fingerprint density at radius 2 is 1.96 bits per heavy atom. The lowest BCUT2D eigenvalue weighted by Crippen LogP contribution is -2.17. The molecule has 0 aliphatic heterocycles. The molecule has 1 amide bonds. The Morgan fingerprint density at radius 3 is 2.74 bits per heavy atom. The van der Waals surface area contributed by atoms with Gasteiger partial charge in [0.1, 0.15) is 0 Å². The van der Waals surface area contributed by atoms with E-state index in [0.717, 1.165) is 33.2 Å². The van der Waals surface area contributed by atoms with Gasteiger partial charge in [0.05, 0.1) is 22.9 Å². The lowest BCUT2D eigenvalue weighted by Gasteiger charge is -2.02. The molecule has 7 heteroatoms. The lowest BCUT2D eigenvalue weighted by atomic mass is 10.1. The molecule has 0 radical (unpaired) electrons. The van der Waals surface area contributed by atoms with Crippen LogP contribution in [-0.2, 0) is 5.75 Å². The van der Waals surface area contributed by atoms with E-state index in [-0.39, 0.29) is 5.91 Å². The minimum atomic E-state index is -0.241. The van der Waals surface area contributed by atoms with E-state index in [0.29, 0.717) is 5.56 Å². The lowest BCUT2D eigenvalue weighted by molar-refractivity contribution is 0.0955. The number of amides is 1. The van der Waals surface area contributed by atoms with Crippen molar-refractivity contribution < 1.29 is 4.79 Å². The average molecular weight is 375 g/mol. The normalized spacial score (nSPS) is 11.3. The molecule has 27 heavy (non-hydrogen) atoms. The highest BCUT2D eigenvalue weighted by Crippen LogP contribution is 2.23. The molecule has 0 aliphatic carbocycles. The number of nitrogens with zero attached hydrogens (tertiary/aromatic N) is 2. The van der Waals surface area contributed by atoms with Crippen molar-refractivity contribution in [2.75, 3.05) is 0 Å². The van der Waals surface area contributed by atoms with Crippen molar-refractivity contribution in [3.05, 3.63) is 83.7 Å². The molecule has 2 heterocycles. The molecule has 0 fully saturated rings. The number of thioether (sulfide) groups is 1. The molecule has 3 N–H and O–H groups in total. The van der Waals surface area contributed by atoms with Gasteiger partial charge in [-0.15, -0.1) is 0 Å². The molecule has 0 atom stereocenters. The summed E-state index contributed by atoms with van der Waals surface area (Å²) in [6, 6.07) is 19.2. The van der Waals surface area contributed by atoms with Gasteiger partial charge in [0.25, 0.3) is 5.91 Å². The van der Waals surface area contributed by atoms with Crippen LogP contribution in [0.15, 0.2) is 77.1 Å². The fraction of sp³-hybridized carbons (Fsp3) is 0.0500. The summed E-state index contributed by atoms with van der Waals surface area (Å²) in [5, 5.41) is 4.82. The second-order valence-corrected chi connectivity index (χ2v) is 6.83. The minimum absolute atomic E-state index is 0.241. The van der Waals surface area contributed by atoms with Crippen LogP contribution in [0.1, 0.15) is 21.6 Å². The Labute approximate surface area is 160 Å². The van der Waals surface area contributed by atoms with Crippen molar-refractivity contribution in [3.8, 4) is 0 Å². The second-order valence-electron chi connectivity index (χ2n) is 5.87. The van der Waals surface area contributed by atoms with E-state index in [4.69, 9.17) is 0 Å². The van der Waals surface area contributed by atoms with Crippen LogP contribution in [0.5, 0.6) is 0 Å². The molecular formula is C20H17N5OS. The van der Waals surface area contributed by atoms with Crippen molar-refractivity contribution in [2.24, 2.45) is 5.10 Å². The maximum absolute atomic E-state index is 12.1. The zero-order valence-electron chi connectivity index (χ0n) is 14.3. The molecule has 6 nitrogen and oxygen atoms in total. The molecule has 0 saturated heterocycles. The van der Waals surface area contributed by atoms with Crippen LogP contribution < -0.4 is 5.43 Å². The van der Waals surface area contributed by atoms with Crippen molar-refractivity contribution in [1.82, 2.24) is 20.4 Å². The standard InChI is InChI=1S/C20H17N5OS/c26-19(25-22-12-16-4-3-11-21-16)15-9-7-14(8-10-15)13-27-20-23-17-5-1-2-6-18(17)24-20/h1-12,21H,13H2,(H,23,24)(H,25,26). The van der Waals surface area contributed by atoms with Gasteiger partial charge in [-0.2, -0.15) is 5.10 Å². The topological polar surface area (TPSA) is 85.9 Å². The van der Waals surface area contributed by atoms with Crippen molar-refractivity contribution in [3.63, 3.8) is 0 Å². The molecule has 0 bridgehead atoms. The SMILES string of the molecule is O=C(NN=Cc1ccc[nH]1)c1ccc(CSc2nc3ccccc3[nH]2)cc1. The number of rotatable bonds is 6. The summed E-state index contributed by atoms with van der Waals surface area (Å²) in [7, 11) is 0. The third-order valence-corrected chi connectivity index (χ3v) is 4.90. The summed E-state index contributed by atoms with van der Waals surface area (Å²) in [6.45, 7) is 0. The summed E-state index contributed by atoms with van der Waals surface area (Å²) in [5.41, 5.74) is 7.03. The fourth-order valence-electron chi connectivity index (χ4n) is 2.55. The third-order valence-electron chi connectivity index (χ3n) is 3.95. The number of para-hydroxylation sites is 2. The van der Waals surface area contributed by atoms with Crippen molar-refractivity contribution in [1.29, 1.82) is 0 Å². The van der Waals surface area contributed by atoms with E-state index >= 15 is 0 Å². The fourth-order valence-corrected chi connectivity index (χ4v) is 3.39. The van der Waals surface area contributed by atoms with Crippen LogP contribution in [0.3, 0.4) is 0 Å². The summed E-state index contributed by atoms with van der Waals surface area (Å²) >= 11 is 1.63. The van der Waals surface area contributed by atoms with Gasteiger partial charge in [-0.25, -0.2) is 10.4 Å². The molecule has 0 aliphatic rings. The number of hydrazone groups is 1. The molecule has 0 saturated carbocycles. The van der Waals surface area contributed by atoms with Gasteiger partial charge in [0, 0.05) is 17.5 Å². The number of aromatic amines is 2. The van der Waals surface area contributed by atoms with Crippen LogP contribution in [0.25, 0.3) is 11.0 Å². The smallest absolute Gasteiger partial charge is 0.271 e. The number of carbonyl (C=O) groups is 1. The third kappa shape index (κ3) is 4.27. The predicted octanol–water partition coefficient (Wildman–Crippen LogP) is 3.95. The number of imidazole rings is 1. The van der Waals surface area contributed by atoms with E-state index in [2.05, 4.69) is 25.5 Å². The number of carbonyl (C=O) groups excluding carboxylic acids is 1. The average Bonchev–Trinajstić information content (AvgIpc) is 3.36. The zero-order chi connectivity index (χ0) is 18.5. The summed E-state index contributed by atoms with van der Waals surface area (Å²) < 4.78 is 0. The molecule has 2 aromatic carbocycles. The molecule has 4 rings (SSSR count). The number of benzene rings is 2. The van der Waals surface area contributed by atoms with Crippen LogP contribution in [0.2, 0.25) is 0 Å². The highest BCUT2D eigenvalue weighted by molar-refractivity contribution is 7.98. The molecule has 2 aromatic heterocycles. The Bertz CT molecular complexity index is 1030. The first kappa shape index (κ1) is 17.1. The van der Waals surface area contributed by atoms with E-state index in [1.807, 2.05) is 48.5 Å². The maximum Gasteiger partial charge on any atom is 0.271 e. The Balaban J connectivity index is 1.33. The first-order valence-corrected chi connectivity index (χ1v) is 9.40. The van der Waals surface area contributed by atoms with Crippen molar-refractivity contribution >= 4 is 34.9 Å². The molecule has 134 valence electrons. The van der Waals surface area contributed by atoms with Crippen LogP contribution in [0.4, 0.5) is 0 Å². The monoisotopic (exact) mass is 375 g/mol. The Hall–Kier alpha value is -3.32. The summed E-state index contributed by atoms with van der Waals surface area (Å²) in [5.74, 6) is 0.529. The van der Waals surface area contributed by atoms with Gasteiger partial charge in [-0.05, 0) is 42.0 Å². The summed E-state index contributed by atoms with van der Waals surface area (Å²) in [4.78, 5) is 22.9. The number of hydrogen-bond donors (Lipinski definition) is 3. The first-order chi connectivity index (χ1) is 13.3.